The lowest BCUT2D eigenvalue weighted by Gasteiger charge is -2.11. The highest BCUT2D eigenvalue weighted by Crippen LogP contribution is 2.16. The van der Waals surface area contributed by atoms with E-state index in [0.717, 1.165) is 30.4 Å². The standard InChI is InChI=1S/C16H25N5O2S/c1-11(2)9-21-14(19-20-16(21)24-3)5-4-6-18-15(22)12-7-13(8-17)23-10-12/h7,10-11H,4-6,8-9,17H2,1-3H3,(H,18,22). The van der Waals surface area contributed by atoms with Gasteiger partial charge >= 0.3 is 0 Å². The van der Waals surface area contributed by atoms with Crippen molar-refractivity contribution in [3.8, 4) is 0 Å². The van der Waals surface area contributed by atoms with E-state index in [-0.39, 0.29) is 12.5 Å². The van der Waals surface area contributed by atoms with E-state index in [1.165, 1.54) is 6.26 Å². The lowest BCUT2D eigenvalue weighted by Crippen LogP contribution is -2.24. The van der Waals surface area contributed by atoms with Crippen LogP contribution >= 0.6 is 11.8 Å². The number of amides is 1. The maximum atomic E-state index is 12.0. The molecule has 0 aliphatic carbocycles. The van der Waals surface area contributed by atoms with Crippen LogP contribution in [0.5, 0.6) is 0 Å². The number of rotatable bonds is 9. The predicted octanol–water partition coefficient (Wildman–Crippen LogP) is 2.07. The van der Waals surface area contributed by atoms with Crippen molar-refractivity contribution >= 4 is 17.7 Å². The molecule has 0 atom stereocenters. The number of nitrogens with one attached hydrogen (secondary N) is 1. The number of hydrogen-bond acceptors (Lipinski definition) is 6. The monoisotopic (exact) mass is 351 g/mol. The van der Waals surface area contributed by atoms with Crippen molar-refractivity contribution in [1.29, 1.82) is 0 Å². The summed E-state index contributed by atoms with van der Waals surface area (Å²) in [7, 11) is 0. The van der Waals surface area contributed by atoms with Crippen LogP contribution in [0.2, 0.25) is 0 Å². The van der Waals surface area contributed by atoms with Crippen molar-refractivity contribution in [2.75, 3.05) is 12.8 Å². The number of carbonyl (C=O) groups is 1. The molecule has 0 aromatic carbocycles. The Kier molecular flexibility index (Phi) is 6.86. The van der Waals surface area contributed by atoms with Crippen LogP contribution in [-0.4, -0.2) is 33.5 Å². The van der Waals surface area contributed by atoms with Crippen LogP contribution < -0.4 is 11.1 Å². The van der Waals surface area contributed by atoms with Gasteiger partial charge in [0.05, 0.1) is 12.1 Å². The van der Waals surface area contributed by atoms with E-state index in [2.05, 4.69) is 33.9 Å². The molecule has 1 amide bonds. The Labute approximate surface area is 146 Å². The Bertz CT molecular complexity index is 665. The van der Waals surface area contributed by atoms with Crippen molar-refractivity contribution in [3.63, 3.8) is 0 Å². The number of carbonyl (C=O) groups excluding carboxylic acids is 1. The van der Waals surface area contributed by atoms with Crippen molar-refractivity contribution in [3.05, 3.63) is 29.5 Å². The van der Waals surface area contributed by atoms with Crippen LogP contribution in [0, 0.1) is 5.92 Å². The van der Waals surface area contributed by atoms with Gasteiger partial charge in [0.1, 0.15) is 17.8 Å². The first kappa shape index (κ1) is 18.5. The van der Waals surface area contributed by atoms with Crippen LogP contribution in [0.25, 0.3) is 0 Å². The SMILES string of the molecule is CSc1nnc(CCCNC(=O)c2coc(CN)c2)n1CC(C)C. The maximum Gasteiger partial charge on any atom is 0.254 e. The Morgan fingerprint density at radius 2 is 2.25 bits per heavy atom. The van der Waals surface area contributed by atoms with Crippen LogP contribution in [0.3, 0.4) is 0 Å². The van der Waals surface area contributed by atoms with Gasteiger partial charge in [-0.2, -0.15) is 0 Å². The van der Waals surface area contributed by atoms with Crippen LogP contribution in [0.15, 0.2) is 21.9 Å². The first-order chi connectivity index (χ1) is 11.5. The van der Waals surface area contributed by atoms with Crippen molar-refractivity contribution in [2.45, 2.75) is 44.9 Å². The second kappa shape index (κ2) is 8.89. The number of thioether (sulfide) groups is 1. The molecule has 2 heterocycles. The third kappa shape index (κ3) is 4.85. The summed E-state index contributed by atoms with van der Waals surface area (Å²) in [5.74, 6) is 1.96. The summed E-state index contributed by atoms with van der Waals surface area (Å²) in [6, 6.07) is 1.67. The minimum absolute atomic E-state index is 0.146. The molecule has 0 spiro atoms. The van der Waals surface area contributed by atoms with E-state index < -0.39 is 0 Å². The first-order valence-corrected chi connectivity index (χ1v) is 9.29. The maximum absolute atomic E-state index is 12.0. The van der Waals surface area contributed by atoms with Gasteiger partial charge in [0.15, 0.2) is 5.16 Å². The van der Waals surface area contributed by atoms with Gasteiger partial charge in [0, 0.05) is 19.5 Å². The average Bonchev–Trinajstić information content (AvgIpc) is 3.18. The lowest BCUT2D eigenvalue weighted by atomic mass is 10.2. The smallest absolute Gasteiger partial charge is 0.254 e. The van der Waals surface area contributed by atoms with E-state index in [4.69, 9.17) is 10.2 Å². The van der Waals surface area contributed by atoms with E-state index in [0.29, 0.717) is 23.8 Å². The molecule has 0 saturated heterocycles. The molecule has 3 N–H and O–H groups in total. The molecule has 132 valence electrons. The molecule has 0 aliphatic heterocycles. The first-order valence-electron chi connectivity index (χ1n) is 8.06. The average molecular weight is 351 g/mol. The van der Waals surface area contributed by atoms with Gasteiger partial charge in [-0.25, -0.2) is 0 Å². The molecule has 2 aromatic heterocycles. The zero-order chi connectivity index (χ0) is 17.5. The lowest BCUT2D eigenvalue weighted by molar-refractivity contribution is 0.0952. The number of aromatic nitrogens is 3. The number of furan rings is 1. The van der Waals surface area contributed by atoms with Gasteiger partial charge in [0.2, 0.25) is 0 Å². The van der Waals surface area contributed by atoms with Crippen molar-refractivity contribution in [2.24, 2.45) is 11.7 Å². The number of aryl methyl sites for hydroxylation is 1. The Hall–Kier alpha value is -1.80. The minimum Gasteiger partial charge on any atom is -0.467 e. The van der Waals surface area contributed by atoms with Crippen LogP contribution in [-0.2, 0) is 19.5 Å². The summed E-state index contributed by atoms with van der Waals surface area (Å²) >= 11 is 1.60. The molecular weight excluding hydrogens is 326 g/mol. The summed E-state index contributed by atoms with van der Waals surface area (Å²) in [4.78, 5) is 12.0. The van der Waals surface area contributed by atoms with Crippen LogP contribution in [0.4, 0.5) is 0 Å². The quantitative estimate of drug-likeness (QED) is 0.530. The van der Waals surface area contributed by atoms with Crippen molar-refractivity contribution < 1.29 is 9.21 Å². The highest BCUT2D eigenvalue weighted by Gasteiger charge is 2.13. The molecule has 7 nitrogen and oxygen atoms in total. The third-order valence-electron chi connectivity index (χ3n) is 3.50. The summed E-state index contributed by atoms with van der Waals surface area (Å²) < 4.78 is 7.34. The molecule has 0 aliphatic rings. The molecule has 2 rings (SSSR count). The van der Waals surface area contributed by atoms with E-state index >= 15 is 0 Å². The Morgan fingerprint density at radius 3 is 2.88 bits per heavy atom. The Morgan fingerprint density at radius 1 is 1.46 bits per heavy atom. The van der Waals surface area contributed by atoms with Gasteiger partial charge < -0.3 is 20.0 Å². The van der Waals surface area contributed by atoms with Gasteiger partial charge in [-0.3, -0.25) is 4.79 Å². The van der Waals surface area contributed by atoms with E-state index in [9.17, 15) is 4.79 Å². The summed E-state index contributed by atoms with van der Waals surface area (Å²) in [5.41, 5.74) is 5.97. The second-order valence-electron chi connectivity index (χ2n) is 5.97. The fourth-order valence-corrected chi connectivity index (χ4v) is 2.88. The summed E-state index contributed by atoms with van der Waals surface area (Å²) in [6.07, 6.45) is 5.02. The second-order valence-corrected chi connectivity index (χ2v) is 6.75. The van der Waals surface area contributed by atoms with Crippen molar-refractivity contribution in [1.82, 2.24) is 20.1 Å². The fraction of sp³-hybridized carbons (Fsp3) is 0.562. The topological polar surface area (TPSA) is 99.0 Å². The van der Waals surface area contributed by atoms with Crippen LogP contribution in [0.1, 0.15) is 42.2 Å². The molecule has 0 saturated carbocycles. The zero-order valence-electron chi connectivity index (χ0n) is 14.4. The normalized spacial score (nSPS) is 11.2. The molecular formula is C16H25N5O2S. The summed E-state index contributed by atoms with van der Waals surface area (Å²) in [6.45, 7) is 6.12. The third-order valence-corrected chi connectivity index (χ3v) is 4.17. The zero-order valence-corrected chi connectivity index (χ0v) is 15.2. The Balaban J connectivity index is 1.83. The number of hydrogen-bond donors (Lipinski definition) is 2. The van der Waals surface area contributed by atoms with Gasteiger partial charge in [-0.05, 0) is 24.7 Å². The highest BCUT2D eigenvalue weighted by molar-refractivity contribution is 7.98. The molecule has 24 heavy (non-hydrogen) atoms. The summed E-state index contributed by atoms with van der Waals surface area (Å²) in [5, 5.41) is 12.3. The van der Waals surface area contributed by atoms with E-state index in [1.807, 2.05) is 6.26 Å². The van der Waals surface area contributed by atoms with Gasteiger partial charge in [-0.1, -0.05) is 25.6 Å². The molecule has 2 aromatic rings. The molecule has 0 unspecified atom stereocenters. The van der Waals surface area contributed by atoms with Gasteiger partial charge in [-0.15, -0.1) is 10.2 Å². The fourth-order valence-electron chi connectivity index (χ4n) is 2.36. The minimum atomic E-state index is -0.146. The molecule has 0 radical (unpaired) electrons. The molecule has 8 heteroatoms. The number of nitrogens with two attached hydrogens (primary N) is 1. The van der Waals surface area contributed by atoms with Gasteiger partial charge in [0.25, 0.3) is 5.91 Å². The number of nitrogens with zero attached hydrogens (tertiary/aromatic N) is 3. The predicted molar refractivity (Wildman–Crippen MR) is 93.9 cm³/mol. The molecule has 0 bridgehead atoms. The molecule has 0 fully saturated rings. The van der Waals surface area contributed by atoms with E-state index in [1.54, 1.807) is 17.8 Å². The highest BCUT2D eigenvalue weighted by atomic mass is 32.2. The largest absolute Gasteiger partial charge is 0.467 e.